The van der Waals surface area contributed by atoms with E-state index >= 15 is 0 Å². The van der Waals surface area contributed by atoms with Gasteiger partial charge < -0.3 is 9.80 Å². The van der Waals surface area contributed by atoms with Gasteiger partial charge in [0.2, 0.25) is 5.91 Å². The highest BCUT2D eigenvalue weighted by molar-refractivity contribution is 6.36. The molecule has 2 fully saturated rings. The van der Waals surface area contributed by atoms with Crippen LogP contribution in [-0.4, -0.2) is 71.8 Å². The molecule has 0 radical (unpaired) electrons. The Bertz CT molecular complexity index is 725. The minimum absolute atomic E-state index is 0.0613. The van der Waals surface area contributed by atoms with Crippen LogP contribution in [0.3, 0.4) is 0 Å². The number of hydrogen-bond donors (Lipinski definition) is 0. The van der Waals surface area contributed by atoms with Crippen LogP contribution in [0.2, 0.25) is 10.0 Å². The molecule has 0 spiro atoms. The maximum Gasteiger partial charge on any atom is 0.255 e. The second kappa shape index (κ2) is 10.1. The summed E-state index contributed by atoms with van der Waals surface area (Å²) in [5.74, 6) is 0.609. The number of carbonyl (C=O) groups is 2. The average molecular weight is 440 g/mol. The lowest BCUT2D eigenvalue weighted by Crippen LogP contribution is -2.58. The van der Waals surface area contributed by atoms with E-state index in [1.165, 1.54) is 12.8 Å². The van der Waals surface area contributed by atoms with Gasteiger partial charge in [-0.25, -0.2) is 0 Å². The maximum absolute atomic E-state index is 13.3. The molecular formula is C22H31Cl2N3O2. The summed E-state index contributed by atoms with van der Waals surface area (Å²) in [6.45, 7) is 8.20. The van der Waals surface area contributed by atoms with Crippen molar-refractivity contribution >= 4 is 35.0 Å². The van der Waals surface area contributed by atoms with Crippen molar-refractivity contribution < 1.29 is 9.59 Å². The zero-order valence-corrected chi connectivity index (χ0v) is 18.9. The van der Waals surface area contributed by atoms with Crippen LogP contribution in [0.1, 0.15) is 49.9 Å². The fourth-order valence-electron chi connectivity index (χ4n) is 4.69. The van der Waals surface area contributed by atoms with Crippen LogP contribution in [0.25, 0.3) is 0 Å². The summed E-state index contributed by atoms with van der Waals surface area (Å²) < 4.78 is 0. The molecule has 1 aliphatic heterocycles. The van der Waals surface area contributed by atoms with Crippen LogP contribution in [0.15, 0.2) is 18.2 Å². The van der Waals surface area contributed by atoms with Crippen LogP contribution in [-0.2, 0) is 4.79 Å². The van der Waals surface area contributed by atoms with Crippen LogP contribution >= 0.6 is 23.2 Å². The van der Waals surface area contributed by atoms with Gasteiger partial charge in [0.15, 0.2) is 0 Å². The Balaban J connectivity index is 1.69. The van der Waals surface area contributed by atoms with Crippen molar-refractivity contribution in [2.24, 2.45) is 5.92 Å². The molecule has 1 aromatic carbocycles. The van der Waals surface area contributed by atoms with E-state index in [4.69, 9.17) is 23.2 Å². The number of rotatable bonds is 6. The first-order chi connectivity index (χ1) is 14.0. The standard InChI is InChI=1S/C22H31Cl2N3O2/c1-3-25(4-2)22(29)20(16-7-5-6-8-16)26-11-13-27(14-12-26)21(28)18-10-9-17(23)15-19(18)24/h9-10,15-16,20H,3-8,11-14H2,1-2H3. The topological polar surface area (TPSA) is 43.9 Å². The van der Waals surface area contributed by atoms with Gasteiger partial charge >= 0.3 is 0 Å². The van der Waals surface area contributed by atoms with Gasteiger partial charge in [-0.05, 0) is 50.8 Å². The van der Waals surface area contributed by atoms with E-state index in [-0.39, 0.29) is 17.9 Å². The summed E-state index contributed by atoms with van der Waals surface area (Å²) in [6.07, 6.45) is 4.66. The fraction of sp³-hybridized carbons (Fsp3) is 0.636. The quantitative estimate of drug-likeness (QED) is 0.667. The van der Waals surface area contributed by atoms with Gasteiger partial charge in [-0.2, -0.15) is 0 Å². The third-order valence-electron chi connectivity index (χ3n) is 6.33. The normalized spacial score (nSPS) is 19.4. The molecule has 3 rings (SSSR count). The Kier molecular flexibility index (Phi) is 7.83. The van der Waals surface area contributed by atoms with E-state index in [0.29, 0.717) is 47.7 Å². The second-order valence-corrected chi connectivity index (χ2v) is 8.80. The number of carbonyl (C=O) groups excluding carboxylic acids is 2. The van der Waals surface area contributed by atoms with E-state index in [0.717, 1.165) is 25.9 Å². The molecule has 1 heterocycles. The molecule has 2 amide bonds. The monoisotopic (exact) mass is 439 g/mol. The molecule has 160 valence electrons. The van der Waals surface area contributed by atoms with E-state index in [1.54, 1.807) is 18.2 Å². The number of amides is 2. The summed E-state index contributed by atoms with van der Waals surface area (Å²) in [5, 5.41) is 0.899. The van der Waals surface area contributed by atoms with Crippen molar-refractivity contribution in [2.45, 2.75) is 45.6 Å². The van der Waals surface area contributed by atoms with Crippen LogP contribution in [0.4, 0.5) is 0 Å². The van der Waals surface area contributed by atoms with Crippen molar-refractivity contribution in [2.75, 3.05) is 39.3 Å². The van der Waals surface area contributed by atoms with Gasteiger partial charge in [0, 0.05) is 44.3 Å². The summed E-state index contributed by atoms with van der Waals surface area (Å²) in [4.78, 5) is 32.3. The molecule has 7 heteroatoms. The molecule has 1 aromatic rings. The molecule has 0 N–H and O–H groups in total. The first-order valence-corrected chi connectivity index (χ1v) is 11.5. The number of benzene rings is 1. The zero-order chi connectivity index (χ0) is 21.0. The van der Waals surface area contributed by atoms with Crippen LogP contribution in [0, 0.1) is 5.92 Å². The fourth-order valence-corrected chi connectivity index (χ4v) is 5.18. The molecule has 1 saturated heterocycles. The van der Waals surface area contributed by atoms with Crippen molar-refractivity contribution in [3.63, 3.8) is 0 Å². The summed E-state index contributed by atoms with van der Waals surface area (Å²) >= 11 is 12.2. The van der Waals surface area contributed by atoms with Crippen LogP contribution in [0.5, 0.6) is 0 Å². The number of piperazine rings is 1. The molecular weight excluding hydrogens is 409 g/mol. The lowest BCUT2D eigenvalue weighted by molar-refractivity contribution is -0.139. The van der Waals surface area contributed by atoms with Crippen molar-refractivity contribution in [3.05, 3.63) is 33.8 Å². The number of halogens is 2. The third-order valence-corrected chi connectivity index (χ3v) is 6.88. The molecule has 5 nitrogen and oxygen atoms in total. The van der Waals surface area contributed by atoms with Gasteiger partial charge in [0.1, 0.15) is 0 Å². The lowest BCUT2D eigenvalue weighted by Gasteiger charge is -2.42. The predicted octanol–water partition coefficient (Wildman–Crippen LogP) is 4.18. The molecule has 29 heavy (non-hydrogen) atoms. The largest absolute Gasteiger partial charge is 0.342 e. The maximum atomic E-state index is 13.3. The minimum Gasteiger partial charge on any atom is -0.342 e. The van der Waals surface area contributed by atoms with Gasteiger partial charge in [-0.3, -0.25) is 14.5 Å². The lowest BCUT2D eigenvalue weighted by atomic mass is 9.94. The van der Waals surface area contributed by atoms with E-state index in [2.05, 4.69) is 4.90 Å². The molecule has 0 aromatic heterocycles. The Morgan fingerprint density at radius 3 is 2.24 bits per heavy atom. The molecule has 2 aliphatic rings. The highest BCUT2D eigenvalue weighted by Gasteiger charge is 2.38. The summed E-state index contributed by atoms with van der Waals surface area (Å²) in [5.41, 5.74) is 0.482. The van der Waals surface area contributed by atoms with E-state index in [1.807, 2.05) is 23.6 Å². The van der Waals surface area contributed by atoms with Gasteiger partial charge in [0.25, 0.3) is 5.91 Å². The van der Waals surface area contributed by atoms with E-state index in [9.17, 15) is 9.59 Å². The number of likely N-dealkylation sites (N-methyl/N-ethyl adjacent to an activating group) is 1. The first kappa shape index (κ1) is 22.4. The summed E-state index contributed by atoms with van der Waals surface area (Å²) in [7, 11) is 0. The Morgan fingerprint density at radius 2 is 1.69 bits per heavy atom. The smallest absolute Gasteiger partial charge is 0.255 e. The molecule has 1 aliphatic carbocycles. The van der Waals surface area contributed by atoms with Gasteiger partial charge in [-0.1, -0.05) is 36.0 Å². The molecule has 1 saturated carbocycles. The predicted molar refractivity (Wildman–Crippen MR) is 118 cm³/mol. The Morgan fingerprint density at radius 1 is 1.07 bits per heavy atom. The number of nitrogens with zero attached hydrogens (tertiary/aromatic N) is 3. The Labute approximate surface area is 183 Å². The highest BCUT2D eigenvalue weighted by atomic mass is 35.5. The van der Waals surface area contributed by atoms with Crippen molar-refractivity contribution in [3.8, 4) is 0 Å². The van der Waals surface area contributed by atoms with Crippen molar-refractivity contribution in [1.29, 1.82) is 0 Å². The first-order valence-electron chi connectivity index (χ1n) is 10.7. The third kappa shape index (κ3) is 5.07. The molecule has 1 atom stereocenters. The van der Waals surface area contributed by atoms with Gasteiger partial charge in [0.05, 0.1) is 16.6 Å². The molecule has 1 unspecified atom stereocenters. The van der Waals surface area contributed by atoms with Gasteiger partial charge in [-0.15, -0.1) is 0 Å². The zero-order valence-electron chi connectivity index (χ0n) is 17.4. The SMILES string of the molecule is CCN(CC)C(=O)C(C1CCCC1)N1CCN(C(=O)c2ccc(Cl)cc2Cl)CC1. The minimum atomic E-state index is -0.0706. The second-order valence-electron chi connectivity index (χ2n) is 7.95. The molecule has 0 bridgehead atoms. The van der Waals surface area contributed by atoms with E-state index < -0.39 is 0 Å². The summed E-state index contributed by atoms with van der Waals surface area (Å²) in [6, 6.07) is 4.92. The van der Waals surface area contributed by atoms with Crippen LogP contribution < -0.4 is 0 Å². The number of hydrogen-bond acceptors (Lipinski definition) is 3. The van der Waals surface area contributed by atoms with Crippen molar-refractivity contribution in [1.82, 2.24) is 14.7 Å². The Hall–Kier alpha value is -1.30. The highest BCUT2D eigenvalue weighted by Crippen LogP contribution is 2.32. The average Bonchev–Trinajstić information content (AvgIpc) is 3.23.